The summed E-state index contributed by atoms with van der Waals surface area (Å²) >= 11 is 14.9. The molecule has 1 aliphatic rings. The molecule has 2 aromatic carbocycles. The molecule has 31 heavy (non-hydrogen) atoms. The number of thiocarbonyl (C=S) groups is 1. The molecule has 162 valence electrons. The molecular formula is C22H20BrClN2O4S. The van der Waals surface area contributed by atoms with Gasteiger partial charge in [0.15, 0.2) is 16.6 Å². The van der Waals surface area contributed by atoms with Crippen LogP contribution in [0.15, 0.2) is 40.4 Å². The number of hydrogen-bond donors (Lipinski definition) is 1. The molecule has 3 rings (SSSR count). The van der Waals surface area contributed by atoms with E-state index >= 15 is 0 Å². The number of carbonyl (C=O) groups excluding carboxylic acids is 2. The number of benzene rings is 2. The third-order valence-electron chi connectivity index (χ3n) is 4.45. The predicted octanol–water partition coefficient (Wildman–Crippen LogP) is 5.04. The third-order valence-corrected chi connectivity index (χ3v) is 5.73. The predicted molar refractivity (Wildman–Crippen MR) is 129 cm³/mol. The summed E-state index contributed by atoms with van der Waals surface area (Å²) in [5, 5.41) is 3.06. The maximum Gasteiger partial charge on any atom is 0.270 e. The largest absolute Gasteiger partial charge is 0.490 e. The van der Waals surface area contributed by atoms with Crippen molar-refractivity contribution in [1.29, 1.82) is 0 Å². The quantitative estimate of drug-likeness (QED) is 0.326. The zero-order valence-corrected chi connectivity index (χ0v) is 20.3. The molecule has 1 N–H and O–H groups in total. The van der Waals surface area contributed by atoms with Crippen molar-refractivity contribution in [3.05, 3.63) is 56.5 Å². The Balaban J connectivity index is 2.04. The fraction of sp³-hybridized carbons (Fsp3) is 0.227. The molecule has 9 heteroatoms. The van der Waals surface area contributed by atoms with Crippen LogP contribution in [-0.4, -0.2) is 30.1 Å². The average Bonchev–Trinajstić information content (AvgIpc) is 2.70. The fourth-order valence-corrected chi connectivity index (χ4v) is 4.03. The van der Waals surface area contributed by atoms with E-state index in [0.717, 1.165) is 5.56 Å². The number of amides is 2. The summed E-state index contributed by atoms with van der Waals surface area (Å²) in [4.78, 5) is 27.0. The number of anilines is 1. The molecule has 0 spiro atoms. The lowest BCUT2D eigenvalue weighted by molar-refractivity contribution is -0.122. The molecular weight excluding hydrogens is 504 g/mol. The third kappa shape index (κ3) is 4.92. The van der Waals surface area contributed by atoms with Crippen LogP contribution in [-0.2, 0) is 9.59 Å². The van der Waals surface area contributed by atoms with Gasteiger partial charge in [-0.15, -0.1) is 0 Å². The topological polar surface area (TPSA) is 67.9 Å². The van der Waals surface area contributed by atoms with E-state index in [1.807, 2.05) is 20.8 Å². The number of hydrogen-bond acceptors (Lipinski definition) is 5. The van der Waals surface area contributed by atoms with Crippen LogP contribution in [0.2, 0.25) is 5.02 Å². The standard InChI is InChI=1S/C22H20BrClN2O4S/c1-4-29-18-10-13(9-16(23)19(18)30-5-2)8-15-20(27)25-22(31)26(21(15)28)14-7-6-12(3)17(24)11-14/h6-11H,4-5H2,1-3H3,(H,25,27,31)/b15-8+. The van der Waals surface area contributed by atoms with Crippen LogP contribution in [0.5, 0.6) is 11.5 Å². The van der Waals surface area contributed by atoms with E-state index in [4.69, 9.17) is 33.3 Å². The Morgan fingerprint density at radius 3 is 2.52 bits per heavy atom. The number of rotatable bonds is 6. The Labute approximate surface area is 199 Å². The molecule has 0 aliphatic carbocycles. The highest BCUT2D eigenvalue weighted by Crippen LogP contribution is 2.38. The smallest absolute Gasteiger partial charge is 0.270 e. The first kappa shape index (κ1) is 23.2. The Bertz CT molecular complexity index is 1100. The zero-order chi connectivity index (χ0) is 22.7. The summed E-state index contributed by atoms with van der Waals surface area (Å²) in [6.07, 6.45) is 1.49. The summed E-state index contributed by atoms with van der Waals surface area (Å²) in [7, 11) is 0. The minimum atomic E-state index is -0.576. The van der Waals surface area contributed by atoms with Gasteiger partial charge >= 0.3 is 0 Å². The van der Waals surface area contributed by atoms with Crippen molar-refractivity contribution in [2.24, 2.45) is 0 Å². The van der Waals surface area contributed by atoms with Crippen LogP contribution in [0.25, 0.3) is 6.08 Å². The summed E-state index contributed by atoms with van der Waals surface area (Å²) in [6.45, 7) is 6.49. The van der Waals surface area contributed by atoms with Gasteiger partial charge in [0.2, 0.25) is 0 Å². The Kier molecular flexibility index (Phi) is 7.35. The monoisotopic (exact) mass is 522 g/mol. The van der Waals surface area contributed by atoms with Gasteiger partial charge in [-0.1, -0.05) is 17.7 Å². The maximum absolute atomic E-state index is 13.2. The lowest BCUT2D eigenvalue weighted by atomic mass is 10.1. The van der Waals surface area contributed by atoms with Crippen LogP contribution in [0, 0.1) is 6.92 Å². The number of ether oxygens (including phenoxy) is 2. The van der Waals surface area contributed by atoms with E-state index in [1.54, 1.807) is 30.3 Å². The van der Waals surface area contributed by atoms with Crippen molar-refractivity contribution in [2.45, 2.75) is 20.8 Å². The number of carbonyl (C=O) groups is 2. The molecule has 0 saturated carbocycles. The van der Waals surface area contributed by atoms with Gasteiger partial charge in [0.05, 0.1) is 23.4 Å². The van der Waals surface area contributed by atoms with Crippen molar-refractivity contribution >= 4 is 68.4 Å². The molecule has 0 radical (unpaired) electrons. The second-order valence-corrected chi connectivity index (χ2v) is 8.24. The molecule has 1 heterocycles. The summed E-state index contributed by atoms with van der Waals surface area (Å²) in [5.41, 5.74) is 1.86. The van der Waals surface area contributed by atoms with Crippen LogP contribution < -0.4 is 19.7 Å². The molecule has 1 saturated heterocycles. The number of nitrogens with one attached hydrogen (secondary N) is 1. The first-order valence-corrected chi connectivity index (χ1v) is 11.1. The normalized spacial score (nSPS) is 15.3. The lowest BCUT2D eigenvalue weighted by Gasteiger charge is -2.29. The van der Waals surface area contributed by atoms with E-state index in [1.165, 1.54) is 11.0 Å². The van der Waals surface area contributed by atoms with Crippen molar-refractivity contribution < 1.29 is 19.1 Å². The van der Waals surface area contributed by atoms with Gasteiger partial charge in [0.25, 0.3) is 11.8 Å². The van der Waals surface area contributed by atoms with Crippen LogP contribution in [0.3, 0.4) is 0 Å². The first-order chi connectivity index (χ1) is 14.8. The molecule has 0 atom stereocenters. The molecule has 2 amide bonds. The van der Waals surface area contributed by atoms with Gasteiger partial charge in [-0.05, 0) is 90.4 Å². The zero-order valence-electron chi connectivity index (χ0n) is 17.1. The minimum absolute atomic E-state index is 0.00468. The highest BCUT2D eigenvalue weighted by Gasteiger charge is 2.34. The van der Waals surface area contributed by atoms with Crippen molar-refractivity contribution in [2.75, 3.05) is 18.1 Å². The first-order valence-electron chi connectivity index (χ1n) is 9.53. The Hall–Kier alpha value is -2.42. The van der Waals surface area contributed by atoms with E-state index in [-0.39, 0.29) is 10.7 Å². The molecule has 1 aliphatic heterocycles. The average molecular weight is 524 g/mol. The number of aryl methyl sites for hydroxylation is 1. The van der Waals surface area contributed by atoms with Crippen molar-refractivity contribution in [3.8, 4) is 11.5 Å². The van der Waals surface area contributed by atoms with Gasteiger partial charge in [-0.25, -0.2) is 0 Å². The summed E-state index contributed by atoms with van der Waals surface area (Å²) in [5.74, 6) is -0.0565. The minimum Gasteiger partial charge on any atom is -0.490 e. The molecule has 6 nitrogen and oxygen atoms in total. The molecule has 0 unspecified atom stereocenters. The Morgan fingerprint density at radius 2 is 1.87 bits per heavy atom. The second kappa shape index (κ2) is 9.80. The highest BCUT2D eigenvalue weighted by molar-refractivity contribution is 9.10. The van der Waals surface area contributed by atoms with Gasteiger partial charge in [0.1, 0.15) is 5.57 Å². The van der Waals surface area contributed by atoms with Crippen LogP contribution >= 0.6 is 39.7 Å². The fourth-order valence-electron chi connectivity index (χ4n) is 3.00. The molecule has 2 aromatic rings. The van der Waals surface area contributed by atoms with E-state index < -0.39 is 11.8 Å². The van der Waals surface area contributed by atoms with Gasteiger partial charge < -0.3 is 9.47 Å². The summed E-state index contributed by atoms with van der Waals surface area (Å²) in [6, 6.07) is 8.61. The number of halogens is 2. The van der Waals surface area contributed by atoms with Crippen molar-refractivity contribution in [3.63, 3.8) is 0 Å². The maximum atomic E-state index is 13.2. The number of nitrogens with zero attached hydrogens (tertiary/aromatic N) is 1. The Morgan fingerprint density at radius 1 is 1.16 bits per heavy atom. The van der Waals surface area contributed by atoms with E-state index in [2.05, 4.69) is 21.2 Å². The van der Waals surface area contributed by atoms with Gasteiger partial charge in [-0.3, -0.25) is 19.8 Å². The summed E-state index contributed by atoms with van der Waals surface area (Å²) < 4.78 is 12.0. The highest BCUT2D eigenvalue weighted by atomic mass is 79.9. The SMILES string of the molecule is CCOc1cc(/C=C2\C(=O)NC(=S)N(c3ccc(C)c(Cl)c3)C2=O)cc(Br)c1OCC. The van der Waals surface area contributed by atoms with Crippen molar-refractivity contribution in [1.82, 2.24) is 5.32 Å². The van der Waals surface area contributed by atoms with E-state index in [0.29, 0.717) is 45.5 Å². The molecule has 0 bridgehead atoms. The lowest BCUT2D eigenvalue weighted by Crippen LogP contribution is -2.54. The van der Waals surface area contributed by atoms with E-state index in [9.17, 15) is 9.59 Å². The molecule has 0 aromatic heterocycles. The second-order valence-electron chi connectivity index (χ2n) is 6.59. The molecule has 1 fully saturated rings. The van der Waals surface area contributed by atoms with Gasteiger partial charge in [-0.2, -0.15) is 0 Å². The van der Waals surface area contributed by atoms with Crippen LogP contribution in [0.4, 0.5) is 5.69 Å². The van der Waals surface area contributed by atoms with Gasteiger partial charge in [0, 0.05) is 5.02 Å². The van der Waals surface area contributed by atoms with Crippen LogP contribution in [0.1, 0.15) is 25.0 Å².